The molecule has 1 unspecified atom stereocenters. The quantitative estimate of drug-likeness (QED) is 0.548. The normalized spacial score (nSPS) is 17.2. The molecule has 3 rings (SSSR count). The van der Waals surface area contributed by atoms with Gasteiger partial charge in [0.1, 0.15) is 0 Å². The molecule has 0 aliphatic carbocycles. The van der Waals surface area contributed by atoms with E-state index in [1.807, 2.05) is 0 Å². The Morgan fingerprint density at radius 1 is 1.16 bits per heavy atom. The highest BCUT2D eigenvalue weighted by atomic mass is 35.5. The van der Waals surface area contributed by atoms with E-state index in [9.17, 15) is 19.5 Å². The molecule has 2 aromatic rings. The molecule has 0 saturated heterocycles. The highest BCUT2D eigenvalue weighted by Crippen LogP contribution is 2.38. The molecule has 0 bridgehead atoms. The van der Waals surface area contributed by atoms with Gasteiger partial charge in [-0.2, -0.15) is 0 Å². The minimum atomic E-state index is -2.03. The van der Waals surface area contributed by atoms with Crippen LogP contribution in [0.5, 0.6) is 0 Å². The lowest BCUT2D eigenvalue weighted by atomic mass is 9.82. The van der Waals surface area contributed by atoms with E-state index in [-0.39, 0.29) is 43.5 Å². The summed E-state index contributed by atoms with van der Waals surface area (Å²) in [6, 6.07) is 8.89. The van der Waals surface area contributed by atoms with Crippen molar-refractivity contribution in [2.24, 2.45) is 4.99 Å². The summed E-state index contributed by atoms with van der Waals surface area (Å²) in [4.78, 5) is 40.2. The van der Waals surface area contributed by atoms with Crippen LogP contribution in [0.15, 0.2) is 53.5 Å². The van der Waals surface area contributed by atoms with Crippen molar-refractivity contribution in [1.82, 2.24) is 0 Å². The van der Waals surface area contributed by atoms with Crippen LogP contribution in [-0.4, -0.2) is 34.3 Å². The fourth-order valence-electron chi connectivity index (χ4n) is 3.39. The summed E-state index contributed by atoms with van der Waals surface area (Å²) < 4.78 is 5.05. The number of amides is 1. The van der Waals surface area contributed by atoms with E-state index in [0.29, 0.717) is 0 Å². The molecule has 0 radical (unpaired) electrons. The monoisotopic (exact) mass is 476 g/mol. The van der Waals surface area contributed by atoms with Crippen molar-refractivity contribution in [1.29, 1.82) is 0 Å². The molecular weight excluding hydrogens is 459 g/mol. The van der Waals surface area contributed by atoms with E-state index < -0.39 is 23.6 Å². The Hall–Kier alpha value is -3.36. The third-order valence-electron chi connectivity index (χ3n) is 4.55. The third-order valence-corrected chi connectivity index (χ3v) is 5.07. The largest absolute Gasteiger partial charge is 0.479 e. The number of benzene rings is 2. The molecule has 32 heavy (non-hydrogen) atoms. The van der Waals surface area contributed by atoms with Gasteiger partial charge >= 0.3 is 18.0 Å². The molecule has 1 amide bonds. The number of halogens is 2. The van der Waals surface area contributed by atoms with Crippen molar-refractivity contribution in [3.8, 4) is 0 Å². The fourth-order valence-corrected chi connectivity index (χ4v) is 3.97. The number of carbonyl (C=O) groups is 3. The molecule has 0 fully saturated rings. The number of aliphatic carboxylic acids is 2. The number of fused-ring (bicyclic) bond motifs is 1. The smallest absolute Gasteiger partial charge is 0.411 e. The molecule has 2 aromatic carbocycles. The Morgan fingerprint density at radius 3 is 2.50 bits per heavy atom. The van der Waals surface area contributed by atoms with E-state index in [4.69, 9.17) is 33.0 Å². The molecule has 1 aliphatic rings. The molecule has 1 aliphatic heterocycles. The Balaban J connectivity index is 2.26. The van der Waals surface area contributed by atoms with Crippen LogP contribution < -0.4 is 15.9 Å². The lowest BCUT2D eigenvalue weighted by molar-refractivity contribution is -0.141. The summed E-state index contributed by atoms with van der Waals surface area (Å²) in [6.07, 6.45) is 0.900. The van der Waals surface area contributed by atoms with Crippen LogP contribution in [0, 0.1) is 0 Å². The zero-order chi connectivity index (χ0) is 23.6. The predicted octanol–water partition coefficient (Wildman–Crippen LogP) is 3.36. The highest BCUT2D eigenvalue weighted by molar-refractivity contribution is 6.34. The Bertz CT molecular complexity index is 1270. The number of ether oxygens (including phenoxy) is 1. The maximum absolute atomic E-state index is 12.6. The van der Waals surface area contributed by atoms with Crippen LogP contribution in [0.25, 0.3) is 5.57 Å². The maximum atomic E-state index is 12.6. The van der Waals surface area contributed by atoms with Gasteiger partial charge in [0.05, 0.1) is 16.5 Å². The highest BCUT2D eigenvalue weighted by Gasteiger charge is 2.46. The van der Waals surface area contributed by atoms with Crippen LogP contribution >= 0.6 is 23.2 Å². The van der Waals surface area contributed by atoms with E-state index in [1.165, 1.54) is 30.3 Å². The lowest BCUT2D eigenvalue weighted by Crippen LogP contribution is -2.35. The zero-order valence-electron chi connectivity index (χ0n) is 16.9. The molecule has 0 spiro atoms. The van der Waals surface area contributed by atoms with E-state index in [1.54, 1.807) is 19.9 Å². The molecular formula is C22H18Cl2N2O6. The van der Waals surface area contributed by atoms with Crippen molar-refractivity contribution in [2.75, 3.05) is 5.32 Å². The first-order chi connectivity index (χ1) is 15.0. The second-order valence-electron chi connectivity index (χ2n) is 7.15. The van der Waals surface area contributed by atoms with Gasteiger partial charge in [0.25, 0.3) is 0 Å². The predicted molar refractivity (Wildman–Crippen MR) is 118 cm³/mol. The van der Waals surface area contributed by atoms with Crippen LogP contribution in [0.3, 0.4) is 0 Å². The van der Waals surface area contributed by atoms with E-state index in [2.05, 4.69) is 10.3 Å². The number of rotatable bonds is 6. The standard InChI is InChI=1S/C22H18Cl2N2O6/c1-11(2)32-21(31)25-14-5-3-4-12(8-14)22(20(29)30)15(6-7-18(27)28)19-16(24)9-13(23)10-17(19)26-22/h3-11H,1-2H3,(H,25,31)(H,27,28)(H,29,30)/b7-6+. The van der Waals surface area contributed by atoms with Gasteiger partial charge in [0.2, 0.25) is 5.54 Å². The Morgan fingerprint density at radius 2 is 1.88 bits per heavy atom. The minimum absolute atomic E-state index is 0.0472. The molecule has 0 saturated carbocycles. The number of nitrogens with zero attached hydrogens (tertiary/aromatic N) is 1. The first-order valence-corrected chi connectivity index (χ1v) is 10.1. The average molecular weight is 477 g/mol. The molecule has 8 nitrogen and oxygen atoms in total. The number of nitrogens with one attached hydrogen (secondary N) is 1. The van der Waals surface area contributed by atoms with Crippen LogP contribution in [-0.2, 0) is 19.9 Å². The topological polar surface area (TPSA) is 125 Å². The molecule has 1 atom stereocenters. The van der Waals surface area contributed by atoms with Gasteiger partial charge < -0.3 is 14.9 Å². The number of hydrogen-bond acceptors (Lipinski definition) is 5. The number of carbonyl (C=O) groups excluding carboxylic acids is 1. The summed E-state index contributed by atoms with van der Waals surface area (Å²) in [5.74, 6) is -2.64. The maximum Gasteiger partial charge on any atom is 0.411 e. The van der Waals surface area contributed by atoms with Crippen molar-refractivity contribution in [3.05, 3.63) is 74.7 Å². The first-order valence-electron chi connectivity index (χ1n) is 9.37. The van der Waals surface area contributed by atoms with Gasteiger partial charge in [-0.3, -0.25) is 10.3 Å². The minimum Gasteiger partial charge on any atom is -0.479 e. The summed E-state index contributed by atoms with van der Waals surface area (Å²) in [7, 11) is 0. The third kappa shape index (κ3) is 4.46. The Labute approximate surface area is 192 Å². The number of anilines is 1. The fraction of sp³-hybridized carbons (Fsp3) is 0.182. The number of carboxylic acid groups (broad SMARTS) is 2. The second kappa shape index (κ2) is 9.02. The SMILES string of the molecule is CC(C)OC(=O)Nc1cccc(C2(C(=O)O)N=c3cc(Cl)cc(Cl)c3=C2/C=C/C(=O)O)c1. The van der Waals surface area contributed by atoms with Crippen molar-refractivity contribution >= 4 is 52.5 Å². The van der Waals surface area contributed by atoms with Crippen LogP contribution in [0.1, 0.15) is 19.4 Å². The second-order valence-corrected chi connectivity index (χ2v) is 8.00. The van der Waals surface area contributed by atoms with Crippen molar-refractivity contribution in [3.63, 3.8) is 0 Å². The van der Waals surface area contributed by atoms with E-state index >= 15 is 0 Å². The van der Waals surface area contributed by atoms with Gasteiger partial charge in [0.15, 0.2) is 0 Å². The molecule has 166 valence electrons. The summed E-state index contributed by atoms with van der Waals surface area (Å²) >= 11 is 12.4. The molecule has 3 N–H and O–H groups in total. The lowest BCUT2D eigenvalue weighted by Gasteiger charge is -2.25. The average Bonchev–Trinajstić information content (AvgIpc) is 3.01. The number of hydrogen-bond donors (Lipinski definition) is 3. The molecule has 1 heterocycles. The van der Waals surface area contributed by atoms with Gasteiger partial charge in [-0.1, -0.05) is 35.3 Å². The first kappa shape index (κ1) is 23.3. The Kier molecular flexibility index (Phi) is 6.57. The van der Waals surface area contributed by atoms with E-state index in [0.717, 1.165) is 12.2 Å². The zero-order valence-corrected chi connectivity index (χ0v) is 18.4. The van der Waals surface area contributed by atoms with Crippen LogP contribution in [0.4, 0.5) is 10.5 Å². The summed E-state index contributed by atoms with van der Waals surface area (Å²) in [6.45, 7) is 3.38. The summed E-state index contributed by atoms with van der Waals surface area (Å²) in [5, 5.41) is 22.8. The van der Waals surface area contributed by atoms with Crippen LogP contribution in [0.2, 0.25) is 10.0 Å². The van der Waals surface area contributed by atoms with Gasteiger partial charge in [-0.25, -0.2) is 14.4 Å². The summed E-state index contributed by atoms with van der Waals surface area (Å²) in [5.41, 5.74) is -1.54. The van der Waals surface area contributed by atoms with Gasteiger partial charge in [0, 0.05) is 27.6 Å². The van der Waals surface area contributed by atoms with Gasteiger partial charge in [-0.15, -0.1) is 0 Å². The number of carboxylic acids is 2. The molecule has 10 heteroatoms. The van der Waals surface area contributed by atoms with Crippen molar-refractivity contribution < 1.29 is 29.3 Å². The van der Waals surface area contributed by atoms with Crippen molar-refractivity contribution in [2.45, 2.75) is 25.5 Å². The van der Waals surface area contributed by atoms with Gasteiger partial charge in [-0.05, 0) is 49.8 Å². The molecule has 0 aromatic heterocycles.